The van der Waals surface area contributed by atoms with E-state index in [2.05, 4.69) is 25.9 Å². The largest absolute Gasteiger partial charge is 0.393 e. The second-order valence-corrected chi connectivity index (χ2v) is 4.87. The van der Waals surface area contributed by atoms with Crippen molar-refractivity contribution in [3.05, 3.63) is 22.8 Å². The molecular weight excluding hydrogens is 272 g/mol. The molecule has 0 unspecified atom stereocenters. The summed E-state index contributed by atoms with van der Waals surface area (Å²) in [6.07, 6.45) is 4.87. The van der Waals surface area contributed by atoms with Crippen LogP contribution >= 0.6 is 15.9 Å². The number of fused-ring (bicyclic) bond motifs is 1. The molecule has 6 heteroatoms. The lowest BCUT2D eigenvalue weighted by Gasteiger charge is -2.30. The molecule has 0 aliphatic heterocycles. The molecule has 1 fully saturated rings. The highest BCUT2D eigenvalue weighted by atomic mass is 79.9. The van der Waals surface area contributed by atoms with E-state index in [-0.39, 0.29) is 6.10 Å². The molecule has 2 aromatic heterocycles. The number of imidazole rings is 1. The Morgan fingerprint density at radius 2 is 2.25 bits per heavy atom. The lowest BCUT2D eigenvalue weighted by Crippen LogP contribution is -2.27. The summed E-state index contributed by atoms with van der Waals surface area (Å²) >= 11 is 3.39. The average Bonchev–Trinajstić information content (AvgIpc) is 2.53. The summed E-state index contributed by atoms with van der Waals surface area (Å²) in [5, 5.41) is 9.33. The van der Waals surface area contributed by atoms with Gasteiger partial charge in [0.05, 0.1) is 6.10 Å². The van der Waals surface area contributed by atoms with E-state index < -0.39 is 0 Å². The molecule has 0 spiro atoms. The zero-order valence-electron chi connectivity index (χ0n) is 8.47. The molecule has 0 radical (unpaired) electrons. The first kappa shape index (κ1) is 10.0. The Kier molecular flexibility index (Phi) is 2.15. The molecule has 1 aliphatic carbocycles. The summed E-state index contributed by atoms with van der Waals surface area (Å²) < 4.78 is 2.66. The molecule has 3 rings (SSSR count). The third-order valence-electron chi connectivity index (χ3n) is 3.05. The molecule has 0 saturated heterocycles. The van der Waals surface area contributed by atoms with Crippen LogP contribution < -0.4 is 5.73 Å². The first-order chi connectivity index (χ1) is 7.66. The summed E-state index contributed by atoms with van der Waals surface area (Å²) in [4.78, 5) is 8.49. The molecule has 0 bridgehead atoms. The van der Waals surface area contributed by atoms with Crippen LogP contribution in [0.5, 0.6) is 0 Å². The van der Waals surface area contributed by atoms with E-state index in [1.807, 2.05) is 10.6 Å². The van der Waals surface area contributed by atoms with Crippen molar-refractivity contribution in [1.29, 1.82) is 0 Å². The number of hydrogen-bond donors (Lipinski definition) is 2. The van der Waals surface area contributed by atoms with Gasteiger partial charge in [-0.3, -0.25) is 4.40 Å². The minimum Gasteiger partial charge on any atom is -0.393 e. The number of aromatic nitrogens is 3. The van der Waals surface area contributed by atoms with Gasteiger partial charge in [-0.2, -0.15) is 0 Å². The molecule has 2 heterocycles. The Hall–Kier alpha value is -1.14. The number of aliphatic hydroxyl groups excluding tert-OH is 1. The van der Waals surface area contributed by atoms with Gasteiger partial charge in [-0.05, 0) is 28.8 Å². The normalized spacial score (nSPS) is 24.6. The zero-order valence-corrected chi connectivity index (χ0v) is 10.1. The Morgan fingerprint density at radius 3 is 2.94 bits per heavy atom. The quantitative estimate of drug-likeness (QED) is 0.827. The van der Waals surface area contributed by atoms with E-state index in [0.29, 0.717) is 11.7 Å². The van der Waals surface area contributed by atoms with E-state index in [1.165, 1.54) is 0 Å². The van der Waals surface area contributed by atoms with Crippen LogP contribution in [0.4, 0.5) is 5.82 Å². The van der Waals surface area contributed by atoms with Gasteiger partial charge in [0.1, 0.15) is 15.9 Å². The second kappa shape index (κ2) is 3.43. The van der Waals surface area contributed by atoms with Gasteiger partial charge in [-0.15, -0.1) is 0 Å². The van der Waals surface area contributed by atoms with E-state index in [1.54, 1.807) is 6.20 Å². The average molecular weight is 283 g/mol. The monoisotopic (exact) mass is 282 g/mol. The molecule has 0 amide bonds. The topological polar surface area (TPSA) is 76.4 Å². The number of rotatable bonds is 1. The van der Waals surface area contributed by atoms with Gasteiger partial charge < -0.3 is 10.8 Å². The number of nitrogens with two attached hydrogens (primary N) is 1. The van der Waals surface area contributed by atoms with E-state index >= 15 is 0 Å². The molecule has 1 aliphatic rings. The molecule has 5 nitrogen and oxygen atoms in total. The van der Waals surface area contributed by atoms with Gasteiger partial charge >= 0.3 is 0 Å². The fourth-order valence-corrected chi connectivity index (χ4v) is 2.71. The molecule has 0 aromatic carbocycles. The predicted octanol–water partition coefficient (Wildman–Crippen LogP) is 1.31. The first-order valence-electron chi connectivity index (χ1n) is 5.13. The molecule has 2 aromatic rings. The minimum absolute atomic E-state index is 0.185. The smallest absolute Gasteiger partial charge is 0.150 e. The van der Waals surface area contributed by atoms with Gasteiger partial charge in [-0.1, -0.05) is 0 Å². The molecule has 84 valence electrons. The fourth-order valence-electron chi connectivity index (χ4n) is 2.13. The molecule has 0 atom stereocenters. The van der Waals surface area contributed by atoms with Crippen LogP contribution in [-0.4, -0.2) is 25.6 Å². The standard InChI is InChI=1S/C10H11BrN4O/c11-8-7-9(12)13-1-2-15(7)10(14-8)5-3-6(16)4-5/h1-2,5-6,16H,3-4H2,(H2,12,13). The number of nitrogen functional groups attached to an aromatic ring is 1. The third-order valence-corrected chi connectivity index (χ3v) is 3.60. The Labute approximate surface area is 100 Å². The van der Waals surface area contributed by atoms with E-state index in [4.69, 9.17) is 5.73 Å². The number of hydrogen-bond acceptors (Lipinski definition) is 4. The van der Waals surface area contributed by atoms with Crippen LogP contribution in [-0.2, 0) is 0 Å². The van der Waals surface area contributed by atoms with Crippen LogP contribution in [0.1, 0.15) is 24.6 Å². The maximum atomic E-state index is 9.33. The van der Waals surface area contributed by atoms with Crippen LogP contribution in [0.3, 0.4) is 0 Å². The summed E-state index contributed by atoms with van der Waals surface area (Å²) in [6, 6.07) is 0. The van der Waals surface area contributed by atoms with E-state index in [0.717, 1.165) is 28.8 Å². The Bertz CT molecular complexity index is 547. The number of aliphatic hydroxyl groups is 1. The van der Waals surface area contributed by atoms with Crippen LogP contribution in [0, 0.1) is 0 Å². The van der Waals surface area contributed by atoms with E-state index in [9.17, 15) is 5.11 Å². The summed E-state index contributed by atoms with van der Waals surface area (Å²) in [5.74, 6) is 1.73. The zero-order chi connectivity index (χ0) is 11.3. The van der Waals surface area contributed by atoms with Gasteiger partial charge in [0.2, 0.25) is 0 Å². The molecule has 1 saturated carbocycles. The van der Waals surface area contributed by atoms with Crippen molar-refractivity contribution in [2.24, 2.45) is 0 Å². The van der Waals surface area contributed by atoms with Gasteiger partial charge in [0, 0.05) is 18.3 Å². The Morgan fingerprint density at radius 1 is 1.50 bits per heavy atom. The SMILES string of the molecule is Nc1nccn2c(C3CC(O)C3)nc(Br)c12. The lowest BCUT2D eigenvalue weighted by molar-refractivity contribution is 0.0715. The first-order valence-corrected chi connectivity index (χ1v) is 5.92. The highest BCUT2D eigenvalue weighted by molar-refractivity contribution is 9.10. The summed E-state index contributed by atoms with van der Waals surface area (Å²) in [5.41, 5.74) is 6.61. The van der Waals surface area contributed by atoms with Crippen molar-refractivity contribution in [3.8, 4) is 0 Å². The lowest BCUT2D eigenvalue weighted by atomic mass is 9.82. The molecular formula is C10H11BrN4O. The summed E-state index contributed by atoms with van der Waals surface area (Å²) in [6.45, 7) is 0. The van der Waals surface area contributed by atoms with Crippen LogP contribution in [0.2, 0.25) is 0 Å². The molecule has 3 N–H and O–H groups in total. The van der Waals surface area contributed by atoms with Crippen molar-refractivity contribution in [3.63, 3.8) is 0 Å². The predicted molar refractivity (Wildman–Crippen MR) is 63.1 cm³/mol. The fraction of sp³-hybridized carbons (Fsp3) is 0.400. The number of nitrogens with zero attached hydrogens (tertiary/aromatic N) is 3. The molecule has 16 heavy (non-hydrogen) atoms. The van der Waals surface area contributed by atoms with Crippen LogP contribution in [0.25, 0.3) is 5.52 Å². The van der Waals surface area contributed by atoms with Crippen molar-refractivity contribution in [2.75, 3.05) is 5.73 Å². The maximum Gasteiger partial charge on any atom is 0.150 e. The number of anilines is 1. The Balaban J connectivity index is 2.16. The summed E-state index contributed by atoms with van der Waals surface area (Å²) in [7, 11) is 0. The second-order valence-electron chi connectivity index (χ2n) is 4.11. The minimum atomic E-state index is -0.185. The van der Waals surface area contributed by atoms with Crippen molar-refractivity contribution in [2.45, 2.75) is 24.9 Å². The van der Waals surface area contributed by atoms with Crippen molar-refractivity contribution in [1.82, 2.24) is 14.4 Å². The number of halogens is 1. The maximum absolute atomic E-state index is 9.33. The third kappa shape index (κ3) is 1.33. The van der Waals surface area contributed by atoms with Gasteiger partial charge in [0.15, 0.2) is 5.82 Å². The van der Waals surface area contributed by atoms with Crippen molar-refractivity contribution >= 4 is 27.3 Å². The van der Waals surface area contributed by atoms with Gasteiger partial charge in [0.25, 0.3) is 0 Å². The van der Waals surface area contributed by atoms with Crippen molar-refractivity contribution < 1.29 is 5.11 Å². The highest BCUT2D eigenvalue weighted by Crippen LogP contribution is 2.38. The van der Waals surface area contributed by atoms with Crippen LogP contribution in [0.15, 0.2) is 17.0 Å². The highest BCUT2D eigenvalue weighted by Gasteiger charge is 2.32. The van der Waals surface area contributed by atoms with Gasteiger partial charge in [-0.25, -0.2) is 9.97 Å².